The van der Waals surface area contributed by atoms with Gasteiger partial charge in [-0.25, -0.2) is 0 Å². The van der Waals surface area contributed by atoms with E-state index in [2.05, 4.69) is 6.07 Å². The lowest BCUT2D eigenvalue weighted by atomic mass is 10.2. The van der Waals surface area contributed by atoms with Gasteiger partial charge in [0.1, 0.15) is 5.75 Å². The van der Waals surface area contributed by atoms with Gasteiger partial charge in [-0.2, -0.15) is 0 Å². The predicted molar refractivity (Wildman–Crippen MR) is 83.7 cm³/mol. The van der Waals surface area contributed by atoms with Crippen LogP contribution in [0.25, 0.3) is 0 Å². The lowest BCUT2D eigenvalue weighted by molar-refractivity contribution is -0.109. The van der Waals surface area contributed by atoms with Gasteiger partial charge in [0, 0.05) is 64.4 Å². The fraction of sp³-hybridized carbons (Fsp3) is 0.500. The van der Waals surface area contributed by atoms with E-state index in [1.165, 1.54) is 11.8 Å². The zero-order chi connectivity index (χ0) is 14.4. The lowest BCUT2D eigenvalue weighted by Gasteiger charge is -2.20. The Morgan fingerprint density at radius 3 is 2.05 bits per heavy atom. The third-order valence-corrected chi connectivity index (χ3v) is 3.34. The van der Waals surface area contributed by atoms with Gasteiger partial charge in [0.15, 0.2) is 5.12 Å². The highest BCUT2D eigenvalue weighted by molar-refractivity contribution is 8.13. The Balaban J connectivity index is 2.73. The standard InChI is InChI=1S/C14H22N2O2S/c1-11(17)19-7-6-18-14-9-12(15(2)3)8-13(10-14)16(4)5/h8-10H,6-7H2,1-5H3. The first kappa shape index (κ1) is 15.7. The Kier molecular flexibility index (Phi) is 6.02. The zero-order valence-corrected chi connectivity index (χ0v) is 13.1. The van der Waals surface area contributed by atoms with E-state index in [-0.39, 0.29) is 5.12 Å². The van der Waals surface area contributed by atoms with Crippen LogP contribution in [0, 0.1) is 0 Å². The summed E-state index contributed by atoms with van der Waals surface area (Å²) in [6.45, 7) is 2.11. The van der Waals surface area contributed by atoms with Crippen molar-refractivity contribution in [3.8, 4) is 5.75 Å². The summed E-state index contributed by atoms with van der Waals surface area (Å²) in [5.74, 6) is 1.51. The number of hydrogen-bond acceptors (Lipinski definition) is 5. The largest absolute Gasteiger partial charge is 0.493 e. The number of rotatable bonds is 6. The molecular weight excluding hydrogens is 260 g/mol. The SMILES string of the molecule is CC(=O)SCCOc1cc(N(C)C)cc(N(C)C)c1. The van der Waals surface area contributed by atoms with Crippen LogP contribution in [-0.2, 0) is 4.79 Å². The van der Waals surface area contributed by atoms with Crippen LogP contribution in [0.3, 0.4) is 0 Å². The molecule has 0 bridgehead atoms. The molecule has 0 saturated carbocycles. The minimum absolute atomic E-state index is 0.125. The van der Waals surface area contributed by atoms with Gasteiger partial charge in [0.2, 0.25) is 0 Å². The monoisotopic (exact) mass is 282 g/mol. The first-order valence-electron chi connectivity index (χ1n) is 6.16. The highest BCUT2D eigenvalue weighted by Gasteiger charge is 2.05. The fourth-order valence-electron chi connectivity index (χ4n) is 1.51. The van der Waals surface area contributed by atoms with E-state index in [9.17, 15) is 4.79 Å². The number of benzene rings is 1. The molecule has 0 saturated heterocycles. The molecule has 0 aromatic heterocycles. The average Bonchev–Trinajstić information content (AvgIpc) is 2.34. The molecule has 0 aliphatic rings. The molecule has 0 unspecified atom stereocenters. The minimum Gasteiger partial charge on any atom is -0.493 e. The zero-order valence-electron chi connectivity index (χ0n) is 12.3. The van der Waals surface area contributed by atoms with Crippen molar-refractivity contribution in [1.29, 1.82) is 0 Å². The van der Waals surface area contributed by atoms with E-state index < -0.39 is 0 Å². The average molecular weight is 282 g/mol. The maximum Gasteiger partial charge on any atom is 0.185 e. The van der Waals surface area contributed by atoms with E-state index in [0.717, 1.165) is 17.1 Å². The molecule has 1 aromatic rings. The molecular formula is C14H22N2O2S. The molecule has 5 heteroatoms. The molecule has 19 heavy (non-hydrogen) atoms. The molecule has 0 heterocycles. The van der Waals surface area contributed by atoms with Crippen LogP contribution in [-0.4, -0.2) is 45.7 Å². The van der Waals surface area contributed by atoms with Crippen molar-refractivity contribution in [3.05, 3.63) is 18.2 Å². The molecule has 0 radical (unpaired) electrons. The number of nitrogens with zero attached hydrogens (tertiary/aromatic N) is 2. The number of thioether (sulfide) groups is 1. The highest BCUT2D eigenvalue weighted by Crippen LogP contribution is 2.27. The third-order valence-electron chi connectivity index (χ3n) is 2.57. The smallest absolute Gasteiger partial charge is 0.185 e. The first-order valence-corrected chi connectivity index (χ1v) is 7.14. The van der Waals surface area contributed by atoms with Gasteiger partial charge < -0.3 is 14.5 Å². The van der Waals surface area contributed by atoms with Gasteiger partial charge in [-0.3, -0.25) is 4.79 Å². The van der Waals surface area contributed by atoms with Gasteiger partial charge in [-0.15, -0.1) is 0 Å². The Hall–Kier alpha value is -1.36. The number of ether oxygens (including phenoxy) is 1. The lowest BCUT2D eigenvalue weighted by Crippen LogP contribution is -2.13. The van der Waals surface area contributed by atoms with E-state index >= 15 is 0 Å². The molecule has 1 rings (SSSR count). The molecule has 106 valence electrons. The van der Waals surface area contributed by atoms with E-state index in [1.807, 2.05) is 50.1 Å². The summed E-state index contributed by atoms with van der Waals surface area (Å²) in [5.41, 5.74) is 2.20. The van der Waals surface area contributed by atoms with Crippen molar-refractivity contribution in [2.75, 3.05) is 50.4 Å². The van der Waals surface area contributed by atoms with Gasteiger partial charge in [-0.05, 0) is 6.07 Å². The third kappa shape index (κ3) is 5.42. The van der Waals surface area contributed by atoms with Crippen molar-refractivity contribution in [1.82, 2.24) is 0 Å². The molecule has 0 N–H and O–H groups in total. The second-order valence-electron chi connectivity index (χ2n) is 4.66. The summed E-state index contributed by atoms with van der Waals surface area (Å²) in [6, 6.07) is 6.12. The molecule has 1 aromatic carbocycles. The maximum absolute atomic E-state index is 10.8. The van der Waals surface area contributed by atoms with Crippen LogP contribution in [0.5, 0.6) is 5.75 Å². The van der Waals surface area contributed by atoms with Crippen LogP contribution in [0.15, 0.2) is 18.2 Å². The Morgan fingerprint density at radius 1 is 1.11 bits per heavy atom. The second kappa shape index (κ2) is 7.28. The molecule has 0 spiro atoms. The molecule has 0 aliphatic carbocycles. The minimum atomic E-state index is 0.125. The summed E-state index contributed by atoms with van der Waals surface area (Å²) >= 11 is 1.29. The van der Waals surface area contributed by atoms with Crippen molar-refractivity contribution < 1.29 is 9.53 Å². The first-order chi connectivity index (χ1) is 8.90. The van der Waals surface area contributed by atoms with Gasteiger partial charge in [0.05, 0.1) is 6.61 Å². The Labute approximate surface area is 119 Å². The Bertz CT molecular complexity index is 407. The highest BCUT2D eigenvalue weighted by atomic mass is 32.2. The number of carbonyl (C=O) groups is 1. The molecule has 0 aliphatic heterocycles. The molecule has 0 amide bonds. The maximum atomic E-state index is 10.8. The topological polar surface area (TPSA) is 32.8 Å². The molecule has 0 atom stereocenters. The summed E-state index contributed by atoms with van der Waals surface area (Å²) in [4.78, 5) is 14.9. The quantitative estimate of drug-likeness (QED) is 0.749. The molecule has 4 nitrogen and oxygen atoms in total. The summed E-state index contributed by atoms with van der Waals surface area (Å²) < 4.78 is 5.71. The number of carbonyl (C=O) groups excluding carboxylic acids is 1. The van der Waals surface area contributed by atoms with Gasteiger partial charge in [0.25, 0.3) is 0 Å². The van der Waals surface area contributed by atoms with Gasteiger partial charge >= 0.3 is 0 Å². The van der Waals surface area contributed by atoms with E-state index in [4.69, 9.17) is 4.74 Å². The summed E-state index contributed by atoms with van der Waals surface area (Å²) in [6.07, 6.45) is 0. The van der Waals surface area contributed by atoms with Crippen molar-refractivity contribution in [3.63, 3.8) is 0 Å². The second-order valence-corrected chi connectivity index (χ2v) is 5.93. The number of anilines is 2. The summed E-state index contributed by atoms with van der Waals surface area (Å²) in [7, 11) is 8.02. The fourth-order valence-corrected chi connectivity index (χ4v) is 1.97. The Morgan fingerprint density at radius 2 is 1.63 bits per heavy atom. The van der Waals surface area contributed by atoms with Crippen LogP contribution in [0.1, 0.15) is 6.92 Å². The van der Waals surface area contributed by atoms with Crippen LogP contribution in [0.2, 0.25) is 0 Å². The van der Waals surface area contributed by atoms with Gasteiger partial charge in [-0.1, -0.05) is 11.8 Å². The van der Waals surface area contributed by atoms with Crippen molar-refractivity contribution in [2.24, 2.45) is 0 Å². The number of hydrogen-bond donors (Lipinski definition) is 0. The molecule has 0 fully saturated rings. The van der Waals surface area contributed by atoms with Crippen LogP contribution < -0.4 is 14.5 Å². The van der Waals surface area contributed by atoms with Crippen molar-refractivity contribution in [2.45, 2.75) is 6.92 Å². The van der Waals surface area contributed by atoms with E-state index in [1.54, 1.807) is 6.92 Å². The van der Waals surface area contributed by atoms with Crippen LogP contribution >= 0.6 is 11.8 Å². The van der Waals surface area contributed by atoms with E-state index in [0.29, 0.717) is 12.4 Å². The summed E-state index contributed by atoms with van der Waals surface area (Å²) in [5, 5.41) is 0.125. The normalized spacial score (nSPS) is 10.2. The van der Waals surface area contributed by atoms with Crippen molar-refractivity contribution >= 4 is 28.3 Å². The predicted octanol–water partition coefficient (Wildman–Crippen LogP) is 2.48. The van der Waals surface area contributed by atoms with Crippen LogP contribution in [0.4, 0.5) is 11.4 Å².